The summed E-state index contributed by atoms with van der Waals surface area (Å²) in [7, 11) is 0. The highest BCUT2D eigenvalue weighted by Crippen LogP contribution is 2.35. The zero-order valence-corrected chi connectivity index (χ0v) is 17.6. The van der Waals surface area contributed by atoms with Crippen LogP contribution >= 0.6 is 11.8 Å². The number of rotatable bonds is 6. The van der Waals surface area contributed by atoms with Crippen LogP contribution in [0.1, 0.15) is 32.7 Å². The Balaban J connectivity index is 1.50. The van der Waals surface area contributed by atoms with Crippen molar-refractivity contribution in [2.45, 2.75) is 30.8 Å². The van der Waals surface area contributed by atoms with Gasteiger partial charge in [-0.3, -0.25) is 9.59 Å². The number of carbonyl (C=O) groups excluding carboxylic acids is 2. The van der Waals surface area contributed by atoms with E-state index in [1.54, 1.807) is 11.8 Å². The Labute approximate surface area is 186 Å². The van der Waals surface area contributed by atoms with E-state index in [-0.39, 0.29) is 18.0 Å². The van der Waals surface area contributed by atoms with E-state index in [0.29, 0.717) is 23.9 Å². The lowest BCUT2D eigenvalue weighted by molar-refractivity contribution is -0.137. The predicted molar refractivity (Wildman–Crippen MR) is 115 cm³/mol. The van der Waals surface area contributed by atoms with Crippen LogP contribution in [0.5, 0.6) is 0 Å². The van der Waals surface area contributed by atoms with Crippen molar-refractivity contribution in [3.8, 4) is 0 Å². The third kappa shape index (κ3) is 4.96. The fourth-order valence-corrected chi connectivity index (χ4v) is 4.36. The molecular formula is C22H19F3N4O2S. The fraction of sp³-hybridized carbons (Fsp3) is 0.227. The molecule has 0 unspecified atom stereocenters. The molecule has 0 radical (unpaired) electrons. The maximum atomic E-state index is 13.0. The molecule has 10 heteroatoms. The molecule has 4 rings (SSSR count). The Hall–Kier alpha value is -3.27. The van der Waals surface area contributed by atoms with Crippen molar-refractivity contribution < 1.29 is 22.8 Å². The topological polar surface area (TPSA) is 76.0 Å². The van der Waals surface area contributed by atoms with Crippen LogP contribution in [0.25, 0.3) is 0 Å². The summed E-state index contributed by atoms with van der Waals surface area (Å²) < 4.78 is 40.4. The number of halogens is 3. The first-order chi connectivity index (χ1) is 15.3. The Bertz CT molecular complexity index is 1150. The maximum Gasteiger partial charge on any atom is 0.416 e. The predicted octanol–water partition coefficient (Wildman–Crippen LogP) is 4.22. The summed E-state index contributed by atoms with van der Waals surface area (Å²) >= 11 is 1.61. The molecule has 0 fully saturated rings. The molecule has 6 nitrogen and oxygen atoms in total. The molecule has 1 aromatic heterocycles. The molecule has 0 bridgehead atoms. The van der Waals surface area contributed by atoms with Gasteiger partial charge in [-0.05, 0) is 23.8 Å². The highest BCUT2D eigenvalue weighted by Gasteiger charge is 2.31. The van der Waals surface area contributed by atoms with Gasteiger partial charge in [0.1, 0.15) is 12.4 Å². The number of aromatic nitrogens is 2. The van der Waals surface area contributed by atoms with E-state index in [1.165, 1.54) is 16.8 Å². The van der Waals surface area contributed by atoms with Gasteiger partial charge in [-0.1, -0.05) is 36.4 Å². The van der Waals surface area contributed by atoms with Gasteiger partial charge in [0.05, 0.1) is 11.3 Å². The van der Waals surface area contributed by atoms with Crippen molar-refractivity contribution in [1.82, 2.24) is 15.1 Å². The van der Waals surface area contributed by atoms with Crippen LogP contribution in [0.15, 0.2) is 54.6 Å². The lowest BCUT2D eigenvalue weighted by atomic mass is 10.1. The first-order valence-electron chi connectivity index (χ1n) is 9.77. The quantitative estimate of drug-likeness (QED) is 0.578. The number of anilines is 1. The Kier molecular flexibility index (Phi) is 6.22. The van der Waals surface area contributed by atoms with Gasteiger partial charge in [0.25, 0.3) is 5.91 Å². The molecule has 32 heavy (non-hydrogen) atoms. The lowest BCUT2D eigenvalue weighted by Gasteiger charge is -2.12. The Morgan fingerprint density at radius 2 is 1.84 bits per heavy atom. The number of alkyl halides is 3. The summed E-state index contributed by atoms with van der Waals surface area (Å²) in [6, 6.07) is 13.6. The van der Waals surface area contributed by atoms with Gasteiger partial charge in [0, 0.05) is 29.2 Å². The molecule has 0 saturated heterocycles. The molecule has 1 aliphatic rings. The van der Waals surface area contributed by atoms with E-state index < -0.39 is 17.6 Å². The van der Waals surface area contributed by atoms with Gasteiger partial charge in [-0.15, -0.1) is 0 Å². The van der Waals surface area contributed by atoms with Gasteiger partial charge in [-0.25, -0.2) is 4.68 Å². The summed E-state index contributed by atoms with van der Waals surface area (Å²) in [5.41, 5.74) is 1.45. The molecule has 0 aliphatic carbocycles. The molecule has 1 aliphatic heterocycles. The molecule has 0 spiro atoms. The van der Waals surface area contributed by atoms with Gasteiger partial charge in [0.15, 0.2) is 0 Å². The number of fused-ring (bicyclic) bond motifs is 1. The number of benzene rings is 2. The second kappa shape index (κ2) is 9.07. The van der Waals surface area contributed by atoms with Crippen molar-refractivity contribution in [2.24, 2.45) is 0 Å². The summed E-state index contributed by atoms with van der Waals surface area (Å²) in [5, 5.41) is 9.90. The third-order valence-electron chi connectivity index (χ3n) is 4.93. The molecule has 166 valence electrons. The zero-order chi connectivity index (χ0) is 22.7. The number of thioether (sulfide) groups is 1. The standard InChI is InChI=1S/C22H19F3N4O2S/c23-22(24,25)16-8-4-7-15(9-16)21(31)27-20-17-12-32-13-18(17)28-29(20)11-19(30)26-10-14-5-2-1-3-6-14/h1-9H,10-13H2,(H,26,30)(H,27,31). The maximum absolute atomic E-state index is 13.0. The monoisotopic (exact) mass is 460 g/mol. The number of nitrogens with one attached hydrogen (secondary N) is 2. The second-order valence-corrected chi connectivity index (χ2v) is 8.20. The minimum Gasteiger partial charge on any atom is -0.350 e. The average molecular weight is 460 g/mol. The average Bonchev–Trinajstić information content (AvgIpc) is 3.35. The van der Waals surface area contributed by atoms with Gasteiger partial charge >= 0.3 is 6.18 Å². The summed E-state index contributed by atoms with van der Waals surface area (Å²) in [6.45, 7) is 0.227. The van der Waals surface area contributed by atoms with Crippen LogP contribution in [-0.2, 0) is 35.6 Å². The molecule has 2 amide bonds. The number of hydrogen-bond acceptors (Lipinski definition) is 4. The first-order valence-corrected chi connectivity index (χ1v) is 10.9. The Morgan fingerprint density at radius 1 is 1.06 bits per heavy atom. The van der Waals surface area contributed by atoms with Crippen molar-refractivity contribution in [1.29, 1.82) is 0 Å². The highest BCUT2D eigenvalue weighted by atomic mass is 32.2. The number of amides is 2. The number of nitrogens with zero attached hydrogens (tertiary/aromatic N) is 2. The fourth-order valence-electron chi connectivity index (χ4n) is 3.33. The van der Waals surface area contributed by atoms with Gasteiger partial charge < -0.3 is 10.6 Å². The van der Waals surface area contributed by atoms with Crippen molar-refractivity contribution in [3.63, 3.8) is 0 Å². The molecular weight excluding hydrogens is 441 g/mol. The van der Waals surface area contributed by atoms with Gasteiger partial charge in [0.2, 0.25) is 5.91 Å². The van der Waals surface area contributed by atoms with Crippen LogP contribution in [0.2, 0.25) is 0 Å². The molecule has 2 N–H and O–H groups in total. The number of hydrogen-bond donors (Lipinski definition) is 2. The highest BCUT2D eigenvalue weighted by molar-refractivity contribution is 7.98. The van der Waals surface area contributed by atoms with Crippen LogP contribution in [0, 0.1) is 0 Å². The molecule has 2 aromatic carbocycles. The van der Waals surface area contributed by atoms with Crippen molar-refractivity contribution >= 4 is 29.4 Å². The summed E-state index contributed by atoms with van der Waals surface area (Å²) in [5.74, 6) is 0.584. The lowest BCUT2D eigenvalue weighted by Crippen LogP contribution is -2.28. The smallest absolute Gasteiger partial charge is 0.350 e. The van der Waals surface area contributed by atoms with Crippen LogP contribution < -0.4 is 10.6 Å². The van der Waals surface area contributed by atoms with Crippen LogP contribution in [0.3, 0.4) is 0 Å². The molecule has 0 saturated carbocycles. The third-order valence-corrected chi connectivity index (χ3v) is 5.90. The Morgan fingerprint density at radius 3 is 2.59 bits per heavy atom. The normalized spacial score (nSPS) is 13.0. The summed E-state index contributed by atoms with van der Waals surface area (Å²) in [4.78, 5) is 25.2. The SMILES string of the molecule is O=C(Cn1nc2c(c1NC(=O)c1cccc(C(F)(F)F)c1)CSC2)NCc1ccccc1. The van der Waals surface area contributed by atoms with Crippen molar-refractivity contribution in [2.75, 3.05) is 5.32 Å². The minimum atomic E-state index is -4.55. The second-order valence-electron chi connectivity index (χ2n) is 7.22. The summed E-state index contributed by atoms with van der Waals surface area (Å²) in [6.07, 6.45) is -4.55. The molecule has 0 atom stereocenters. The zero-order valence-electron chi connectivity index (χ0n) is 16.8. The van der Waals surface area contributed by atoms with Crippen molar-refractivity contribution in [3.05, 3.63) is 82.5 Å². The van der Waals surface area contributed by atoms with E-state index in [0.717, 1.165) is 29.0 Å². The van der Waals surface area contributed by atoms with E-state index in [4.69, 9.17) is 0 Å². The van der Waals surface area contributed by atoms with Crippen LogP contribution in [-0.4, -0.2) is 21.6 Å². The van der Waals surface area contributed by atoms with Crippen LogP contribution in [0.4, 0.5) is 19.0 Å². The number of carbonyl (C=O) groups is 2. The van der Waals surface area contributed by atoms with E-state index >= 15 is 0 Å². The van der Waals surface area contributed by atoms with Gasteiger partial charge in [-0.2, -0.15) is 30.0 Å². The molecule has 3 aromatic rings. The van der Waals surface area contributed by atoms with E-state index in [9.17, 15) is 22.8 Å². The largest absolute Gasteiger partial charge is 0.416 e. The molecule has 2 heterocycles. The van der Waals surface area contributed by atoms with E-state index in [1.807, 2.05) is 30.3 Å². The minimum absolute atomic E-state index is 0.122. The van der Waals surface area contributed by atoms with E-state index in [2.05, 4.69) is 15.7 Å². The first kappa shape index (κ1) is 21.9.